The fourth-order valence-electron chi connectivity index (χ4n) is 4.21. The highest BCUT2D eigenvalue weighted by molar-refractivity contribution is 5.82. The van der Waals surface area contributed by atoms with E-state index in [-0.39, 0.29) is 0 Å². The van der Waals surface area contributed by atoms with E-state index in [1.165, 1.54) is 35.7 Å². The zero-order valence-corrected chi connectivity index (χ0v) is 11.7. The Balaban J connectivity index is 1.63. The molecule has 1 unspecified atom stereocenters. The van der Waals surface area contributed by atoms with Crippen molar-refractivity contribution in [3.63, 3.8) is 0 Å². The first kappa shape index (κ1) is 11.9. The first-order chi connectivity index (χ1) is 9.71. The molecule has 1 aliphatic heterocycles. The SMILES string of the molecule is Cn1ncc2c(C3CCC4(C3)CN(C=O)C4)cccc21. The van der Waals surface area contributed by atoms with E-state index in [4.69, 9.17) is 0 Å². The molecule has 2 fully saturated rings. The summed E-state index contributed by atoms with van der Waals surface area (Å²) < 4.78 is 1.95. The topological polar surface area (TPSA) is 38.1 Å². The number of carbonyl (C=O) groups excluding carboxylic acids is 1. The van der Waals surface area contributed by atoms with E-state index in [1.807, 2.05) is 22.8 Å². The summed E-state index contributed by atoms with van der Waals surface area (Å²) >= 11 is 0. The van der Waals surface area contributed by atoms with E-state index < -0.39 is 0 Å². The van der Waals surface area contributed by atoms with Gasteiger partial charge < -0.3 is 4.90 Å². The molecule has 2 aromatic rings. The molecular formula is C16H19N3O. The summed E-state index contributed by atoms with van der Waals surface area (Å²) in [7, 11) is 2.00. The lowest BCUT2D eigenvalue weighted by Gasteiger charge is -2.46. The molecule has 20 heavy (non-hydrogen) atoms. The van der Waals surface area contributed by atoms with Crippen LogP contribution >= 0.6 is 0 Å². The average molecular weight is 269 g/mol. The van der Waals surface area contributed by atoms with Gasteiger partial charge in [-0.1, -0.05) is 12.1 Å². The second kappa shape index (κ2) is 4.08. The van der Waals surface area contributed by atoms with Crippen LogP contribution in [0.5, 0.6) is 0 Å². The van der Waals surface area contributed by atoms with Gasteiger partial charge in [0.05, 0.1) is 11.7 Å². The number of nitrogens with zero attached hydrogens (tertiary/aromatic N) is 3. The van der Waals surface area contributed by atoms with Gasteiger partial charge >= 0.3 is 0 Å². The summed E-state index contributed by atoms with van der Waals surface area (Å²) in [6, 6.07) is 6.53. The molecule has 1 amide bonds. The molecule has 1 aliphatic carbocycles. The van der Waals surface area contributed by atoms with Gasteiger partial charge in [-0.15, -0.1) is 0 Å². The minimum Gasteiger partial charge on any atom is -0.344 e. The molecule has 1 saturated carbocycles. The molecule has 104 valence electrons. The van der Waals surface area contributed by atoms with Crippen molar-refractivity contribution < 1.29 is 4.79 Å². The van der Waals surface area contributed by atoms with Crippen molar-refractivity contribution in [2.45, 2.75) is 25.2 Å². The number of amides is 1. The van der Waals surface area contributed by atoms with Crippen molar-refractivity contribution in [2.75, 3.05) is 13.1 Å². The summed E-state index contributed by atoms with van der Waals surface area (Å²) in [4.78, 5) is 12.7. The van der Waals surface area contributed by atoms with Gasteiger partial charge in [0.15, 0.2) is 0 Å². The molecule has 4 heteroatoms. The Hall–Kier alpha value is -1.84. The van der Waals surface area contributed by atoms with E-state index in [1.54, 1.807) is 0 Å². The van der Waals surface area contributed by atoms with Crippen LogP contribution in [0.2, 0.25) is 0 Å². The zero-order chi connectivity index (χ0) is 13.7. The van der Waals surface area contributed by atoms with Crippen molar-refractivity contribution in [3.8, 4) is 0 Å². The lowest BCUT2D eigenvalue weighted by atomic mass is 9.77. The van der Waals surface area contributed by atoms with Crippen LogP contribution in [0, 0.1) is 5.41 Å². The third-order valence-corrected chi connectivity index (χ3v) is 5.19. The third-order valence-electron chi connectivity index (χ3n) is 5.19. The van der Waals surface area contributed by atoms with Gasteiger partial charge in [-0.3, -0.25) is 9.48 Å². The molecule has 0 N–H and O–H groups in total. The smallest absolute Gasteiger partial charge is 0.209 e. The maximum Gasteiger partial charge on any atom is 0.209 e. The molecule has 0 radical (unpaired) electrons. The van der Waals surface area contributed by atoms with Gasteiger partial charge in [-0.05, 0) is 36.8 Å². The normalized spacial score (nSPS) is 24.2. The maximum atomic E-state index is 10.8. The summed E-state index contributed by atoms with van der Waals surface area (Å²) in [6.07, 6.45) is 6.68. The van der Waals surface area contributed by atoms with E-state index in [0.717, 1.165) is 19.5 Å². The van der Waals surface area contributed by atoms with Crippen molar-refractivity contribution in [2.24, 2.45) is 12.5 Å². The number of rotatable bonds is 2. The second-order valence-corrected chi connectivity index (χ2v) is 6.50. The molecule has 1 atom stereocenters. The van der Waals surface area contributed by atoms with Crippen LogP contribution in [0.3, 0.4) is 0 Å². The molecule has 0 bridgehead atoms. The molecule has 1 spiro atoms. The minimum atomic E-state index is 0.399. The van der Waals surface area contributed by atoms with Crippen LogP contribution in [-0.2, 0) is 11.8 Å². The molecular weight excluding hydrogens is 250 g/mol. The van der Waals surface area contributed by atoms with Crippen molar-refractivity contribution in [1.82, 2.24) is 14.7 Å². The first-order valence-electron chi connectivity index (χ1n) is 7.31. The highest BCUT2D eigenvalue weighted by Gasteiger charge is 2.48. The van der Waals surface area contributed by atoms with Crippen molar-refractivity contribution >= 4 is 17.3 Å². The first-order valence-corrected chi connectivity index (χ1v) is 7.31. The fraction of sp³-hybridized carbons (Fsp3) is 0.500. The Kier molecular flexibility index (Phi) is 2.43. The molecule has 2 aliphatic rings. The average Bonchev–Trinajstić information content (AvgIpc) is 3.02. The van der Waals surface area contributed by atoms with Gasteiger partial charge in [0, 0.05) is 30.9 Å². The lowest BCUT2D eigenvalue weighted by Crippen LogP contribution is -2.54. The lowest BCUT2D eigenvalue weighted by molar-refractivity contribution is -0.129. The van der Waals surface area contributed by atoms with Crippen LogP contribution in [0.15, 0.2) is 24.4 Å². The number of aromatic nitrogens is 2. The van der Waals surface area contributed by atoms with E-state index >= 15 is 0 Å². The van der Waals surface area contributed by atoms with Gasteiger partial charge in [-0.25, -0.2) is 0 Å². The number of hydrogen-bond donors (Lipinski definition) is 0. The fourth-order valence-corrected chi connectivity index (χ4v) is 4.21. The summed E-state index contributed by atoms with van der Waals surface area (Å²) in [5.41, 5.74) is 3.05. The Bertz CT molecular complexity index is 669. The molecule has 1 aromatic heterocycles. The quantitative estimate of drug-likeness (QED) is 0.785. The standard InChI is InChI=1S/C16H19N3O/c1-18-15-4-2-3-13(14(15)8-17-18)12-5-6-16(7-12)9-19(10-16)11-20/h2-4,8,11-12H,5-7,9-10H2,1H3. The molecule has 1 aromatic carbocycles. The monoisotopic (exact) mass is 269 g/mol. The van der Waals surface area contributed by atoms with Crippen LogP contribution in [0.25, 0.3) is 10.9 Å². The van der Waals surface area contributed by atoms with Crippen LogP contribution in [0.4, 0.5) is 0 Å². The Morgan fingerprint density at radius 3 is 3.05 bits per heavy atom. The Morgan fingerprint density at radius 1 is 1.40 bits per heavy atom. The molecule has 2 heterocycles. The molecule has 4 rings (SSSR count). The number of fused-ring (bicyclic) bond motifs is 1. The van der Waals surface area contributed by atoms with Crippen molar-refractivity contribution in [3.05, 3.63) is 30.0 Å². The number of carbonyl (C=O) groups is 1. The third kappa shape index (κ3) is 1.60. The van der Waals surface area contributed by atoms with Crippen molar-refractivity contribution in [1.29, 1.82) is 0 Å². The number of hydrogen-bond acceptors (Lipinski definition) is 2. The Morgan fingerprint density at radius 2 is 2.25 bits per heavy atom. The summed E-state index contributed by atoms with van der Waals surface area (Å²) in [5, 5.41) is 5.68. The highest BCUT2D eigenvalue weighted by Crippen LogP contribution is 2.52. The van der Waals surface area contributed by atoms with Gasteiger partial charge in [0.2, 0.25) is 6.41 Å². The highest BCUT2D eigenvalue weighted by atomic mass is 16.1. The number of aryl methyl sites for hydroxylation is 1. The van der Waals surface area contributed by atoms with Gasteiger partial charge in [0.1, 0.15) is 0 Å². The predicted octanol–water partition coefficient (Wildman–Crippen LogP) is 2.30. The van der Waals surface area contributed by atoms with Gasteiger partial charge in [-0.2, -0.15) is 5.10 Å². The van der Waals surface area contributed by atoms with Crippen LogP contribution in [0.1, 0.15) is 30.7 Å². The zero-order valence-electron chi connectivity index (χ0n) is 11.7. The largest absolute Gasteiger partial charge is 0.344 e. The predicted molar refractivity (Wildman–Crippen MR) is 77.4 cm³/mol. The maximum absolute atomic E-state index is 10.8. The Labute approximate surface area is 118 Å². The van der Waals surface area contributed by atoms with Gasteiger partial charge in [0.25, 0.3) is 0 Å². The number of benzene rings is 1. The van der Waals surface area contributed by atoms with E-state index in [2.05, 4.69) is 23.3 Å². The number of likely N-dealkylation sites (tertiary alicyclic amines) is 1. The van der Waals surface area contributed by atoms with E-state index in [9.17, 15) is 4.79 Å². The molecule has 4 nitrogen and oxygen atoms in total. The van der Waals surface area contributed by atoms with Crippen LogP contribution < -0.4 is 0 Å². The molecule has 1 saturated heterocycles. The summed E-state index contributed by atoms with van der Waals surface area (Å²) in [5.74, 6) is 0.622. The summed E-state index contributed by atoms with van der Waals surface area (Å²) in [6.45, 7) is 1.91. The van der Waals surface area contributed by atoms with Crippen LogP contribution in [-0.4, -0.2) is 34.2 Å². The second-order valence-electron chi connectivity index (χ2n) is 6.50. The van der Waals surface area contributed by atoms with E-state index in [0.29, 0.717) is 11.3 Å². The minimum absolute atomic E-state index is 0.399.